The van der Waals surface area contributed by atoms with E-state index in [4.69, 9.17) is 4.74 Å². The second kappa shape index (κ2) is 9.62. The molecule has 26 heavy (non-hydrogen) atoms. The lowest BCUT2D eigenvalue weighted by Crippen LogP contribution is -2.04. The zero-order valence-electron chi connectivity index (χ0n) is 16.3. The number of hydrogen-bond donors (Lipinski definition) is 0. The van der Waals surface area contributed by atoms with Gasteiger partial charge in [0.25, 0.3) is 0 Å². The van der Waals surface area contributed by atoms with Gasteiger partial charge >= 0.3 is 0 Å². The molecule has 0 aromatic heterocycles. The van der Waals surface area contributed by atoms with Gasteiger partial charge in [-0.1, -0.05) is 75.6 Å². The average molecular weight is 349 g/mol. The van der Waals surface area contributed by atoms with Crippen LogP contribution in [0.2, 0.25) is 0 Å². The molecule has 0 spiro atoms. The lowest BCUT2D eigenvalue weighted by atomic mass is 9.84. The predicted octanol–water partition coefficient (Wildman–Crippen LogP) is 7.52. The summed E-state index contributed by atoms with van der Waals surface area (Å²) in [5.41, 5.74) is 5.45. The molecule has 138 valence electrons. The SMILES string of the molecule is CCCCOc1ccc(-c2ccc(C3=CCC(CCC)CC3)cc2)cc1. The van der Waals surface area contributed by atoms with E-state index in [9.17, 15) is 0 Å². The van der Waals surface area contributed by atoms with Crippen molar-refractivity contribution in [3.63, 3.8) is 0 Å². The first kappa shape index (κ1) is 18.8. The molecule has 0 radical (unpaired) electrons. The van der Waals surface area contributed by atoms with Crippen molar-refractivity contribution in [1.82, 2.24) is 0 Å². The van der Waals surface area contributed by atoms with Crippen LogP contribution in [0.1, 0.15) is 64.4 Å². The molecule has 0 saturated heterocycles. The van der Waals surface area contributed by atoms with Crippen LogP contribution in [0.25, 0.3) is 16.7 Å². The Balaban J connectivity index is 1.62. The van der Waals surface area contributed by atoms with E-state index >= 15 is 0 Å². The van der Waals surface area contributed by atoms with E-state index in [2.05, 4.69) is 68.5 Å². The minimum absolute atomic E-state index is 0.804. The summed E-state index contributed by atoms with van der Waals surface area (Å²) in [6.45, 7) is 5.28. The smallest absolute Gasteiger partial charge is 0.119 e. The molecule has 0 amide bonds. The van der Waals surface area contributed by atoms with Crippen LogP contribution >= 0.6 is 0 Å². The molecule has 3 rings (SSSR count). The summed E-state index contributed by atoms with van der Waals surface area (Å²) in [6.07, 6.45) is 11.3. The highest BCUT2D eigenvalue weighted by atomic mass is 16.5. The first-order chi connectivity index (χ1) is 12.8. The van der Waals surface area contributed by atoms with Crippen LogP contribution in [0.15, 0.2) is 54.6 Å². The first-order valence-corrected chi connectivity index (χ1v) is 10.3. The Bertz CT molecular complexity index is 694. The highest BCUT2D eigenvalue weighted by Gasteiger charge is 2.14. The molecule has 2 aromatic carbocycles. The monoisotopic (exact) mass is 348 g/mol. The third-order valence-corrected chi connectivity index (χ3v) is 5.43. The summed E-state index contributed by atoms with van der Waals surface area (Å²) in [6, 6.07) is 17.5. The molecule has 2 aromatic rings. The molecular weight excluding hydrogens is 316 g/mol. The highest BCUT2D eigenvalue weighted by Crippen LogP contribution is 2.33. The van der Waals surface area contributed by atoms with Crippen LogP contribution in [0, 0.1) is 5.92 Å². The summed E-state index contributed by atoms with van der Waals surface area (Å²) in [5, 5.41) is 0. The highest BCUT2D eigenvalue weighted by molar-refractivity contribution is 5.71. The van der Waals surface area contributed by atoms with Gasteiger partial charge in [-0.25, -0.2) is 0 Å². The van der Waals surface area contributed by atoms with E-state index in [1.165, 1.54) is 60.8 Å². The Kier molecular flexibility index (Phi) is 6.94. The zero-order chi connectivity index (χ0) is 18.2. The van der Waals surface area contributed by atoms with Crippen molar-refractivity contribution in [1.29, 1.82) is 0 Å². The third-order valence-electron chi connectivity index (χ3n) is 5.43. The van der Waals surface area contributed by atoms with Crippen molar-refractivity contribution >= 4 is 5.57 Å². The van der Waals surface area contributed by atoms with Crippen LogP contribution in [0.3, 0.4) is 0 Å². The quantitative estimate of drug-likeness (QED) is 0.448. The molecule has 1 aliphatic rings. The standard InChI is InChI=1S/C25H32O/c1-3-5-19-26-25-17-15-24(16-18-25)23-13-11-22(12-14-23)21-9-7-20(6-4-2)8-10-21/h9,11-18,20H,3-8,10,19H2,1-2H3. The average Bonchev–Trinajstić information content (AvgIpc) is 2.70. The van der Waals surface area contributed by atoms with E-state index in [1.54, 1.807) is 0 Å². The molecule has 1 atom stereocenters. The van der Waals surface area contributed by atoms with Crippen molar-refractivity contribution in [3.8, 4) is 16.9 Å². The number of benzene rings is 2. The Morgan fingerprint density at radius 2 is 1.50 bits per heavy atom. The largest absolute Gasteiger partial charge is 0.494 e. The fourth-order valence-electron chi connectivity index (χ4n) is 3.78. The number of ether oxygens (including phenoxy) is 1. The lowest BCUT2D eigenvalue weighted by molar-refractivity contribution is 0.309. The Hall–Kier alpha value is -2.02. The van der Waals surface area contributed by atoms with Gasteiger partial charge in [0.15, 0.2) is 0 Å². The minimum atomic E-state index is 0.804. The van der Waals surface area contributed by atoms with Gasteiger partial charge in [-0.2, -0.15) is 0 Å². The van der Waals surface area contributed by atoms with Gasteiger partial charge in [0.05, 0.1) is 6.61 Å². The second-order valence-electron chi connectivity index (χ2n) is 7.46. The Morgan fingerprint density at radius 1 is 0.846 bits per heavy atom. The third kappa shape index (κ3) is 5.00. The van der Waals surface area contributed by atoms with Crippen LogP contribution in [-0.2, 0) is 0 Å². The van der Waals surface area contributed by atoms with E-state index < -0.39 is 0 Å². The summed E-state index contributed by atoms with van der Waals surface area (Å²) in [7, 11) is 0. The molecule has 0 bridgehead atoms. The summed E-state index contributed by atoms with van der Waals surface area (Å²) in [5.74, 6) is 1.87. The molecule has 1 heteroatoms. The number of rotatable bonds is 8. The summed E-state index contributed by atoms with van der Waals surface area (Å²) in [4.78, 5) is 0. The maximum atomic E-state index is 5.75. The van der Waals surface area contributed by atoms with Crippen molar-refractivity contribution < 1.29 is 4.74 Å². The summed E-state index contributed by atoms with van der Waals surface area (Å²) >= 11 is 0. The van der Waals surface area contributed by atoms with E-state index in [0.717, 1.165) is 24.7 Å². The van der Waals surface area contributed by atoms with E-state index in [1.807, 2.05) is 0 Å². The van der Waals surface area contributed by atoms with Gasteiger partial charge in [-0.05, 0) is 66.0 Å². The molecular formula is C25H32O. The maximum absolute atomic E-state index is 5.75. The zero-order valence-corrected chi connectivity index (χ0v) is 16.3. The number of hydrogen-bond acceptors (Lipinski definition) is 1. The fraction of sp³-hybridized carbons (Fsp3) is 0.440. The van der Waals surface area contributed by atoms with E-state index in [-0.39, 0.29) is 0 Å². The van der Waals surface area contributed by atoms with Gasteiger partial charge in [-0.3, -0.25) is 0 Å². The van der Waals surface area contributed by atoms with Gasteiger partial charge in [0.2, 0.25) is 0 Å². The molecule has 1 nitrogen and oxygen atoms in total. The topological polar surface area (TPSA) is 9.23 Å². The van der Waals surface area contributed by atoms with Crippen molar-refractivity contribution in [3.05, 3.63) is 60.2 Å². The molecule has 0 fully saturated rings. The van der Waals surface area contributed by atoms with Crippen molar-refractivity contribution in [2.75, 3.05) is 6.61 Å². The molecule has 1 unspecified atom stereocenters. The van der Waals surface area contributed by atoms with Crippen LogP contribution in [0.4, 0.5) is 0 Å². The molecule has 0 heterocycles. The van der Waals surface area contributed by atoms with Gasteiger partial charge in [0.1, 0.15) is 5.75 Å². The van der Waals surface area contributed by atoms with Crippen LogP contribution < -0.4 is 4.74 Å². The van der Waals surface area contributed by atoms with Crippen molar-refractivity contribution in [2.45, 2.75) is 58.8 Å². The number of allylic oxidation sites excluding steroid dienone is 2. The van der Waals surface area contributed by atoms with E-state index in [0.29, 0.717) is 0 Å². The molecule has 0 aliphatic heterocycles. The molecule has 0 saturated carbocycles. The molecule has 1 aliphatic carbocycles. The van der Waals surface area contributed by atoms with Gasteiger partial charge < -0.3 is 4.74 Å². The molecule has 0 N–H and O–H groups in total. The van der Waals surface area contributed by atoms with Gasteiger partial charge in [-0.15, -0.1) is 0 Å². The predicted molar refractivity (Wildman–Crippen MR) is 113 cm³/mol. The Morgan fingerprint density at radius 3 is 2.08 bits per heavy atom. The van der Waals surface area contributed by atoms with Gasteiger partial charge in [0, 0.05) is 0 Å². The Labute approximate surface area is 159 Å². The maximum Gasteiger partial charge on any atom is 0.119 e. The van der Waals surface area contributed by atoms with Crippen LogP contribution in [-0.4, -0.2) is 6.61 Å². The van der Waals surface area contributed by atoms with Crippen molar-refractivity contribution in [2.24, 2.45) is 5.92 Å². The lowest BCUT2D eigenvalue weighted by Gasteiger charge is -2.21. The van der Waals surface area contributed by atoms with Crippen LogP contribution in [0.5, 0.6) is 5.75 Å². The first-order valence-electron chi connectivity index (χ1n) is 10.3. The normalized spacial score (nSPS) is 17.0. The minimum Gasteiger partial charge on any atom is -0.494 e. The second-order valence-corrected chi connectivity index (χ2v) is 7.46. The fourth-order valence-corrected chi connectivity index (χ4v) is 3.78. The summed E-state index contributed by atoms with van der Waals surface area (Å²) < 4.78 is 5.75. The number of unbranched alkanes of at least 4 members (excludes halogenated alkanes) is 1.